The third-order valence-corrected chi connectivity index (χ3v) is 6.50. The Balaban J connectivity index is 1.99. The number of benzene rings is 1. The summed E-state index contributed by atoms with van der Waals surface area (Å²) in [5, 5.41) is 13.4. The van der Waals surface area contributed by atoms with Crippen molar-refractivity contribution in [3.05, 3.63) is 50.8 Å². The first-order chi connectivity index (χ1) is 10.1. The van der Waals surface area contributed by atoms with Crippen LogP contribution in [-0.4, -0.2) is 48.9 Å². The van der Waals surface area contributed by atoms with Crippen molar-refractivity contribution < 1.29 is 5.11 Å². The number of rotatable bonds is 4. The average molecular weight is 406 g/mol. The quantitative estimate of drug-likeness (QED) is 0.759. The van der Waals surface area contributed by atoms with Crippen LogP contribution in [0.3, 0.4) is 0 Å². The molecule has 4 nitrogen and oxygen atoms in total. The number of halogens is 1. The molecule has 2 aromatic rings. The van der Waals surface area contributed by atoms with Gasteiger partial charge in [0.2, 0.25) is 0 Å². The van der Waals surface area contributed by atoms with E-state index in [-0.39, 0.29) is 0 Å². The van der Waals surface area contributed by atoms with E-state index < -0.39 is 27.2 Å². The van der Waals surface area contributed by atoms with E-state index >= 15 is 0 Å². The first-order valence-electron chi connectivity index (χ1n) is 6.65. The average Bonchev–Trinajstić information content (AvgIpc) is 2.89. The second-order valence-electron chi connectivity index (χ2n) is 4.89. The molecule has 21 heavy (non-hydrogen) atoms. The molecular formula is C15H14ClN3OSn. The van der Waals surface area contributed by atoms with Crippen molar-refractivity contribution in [2.24, 2.45) is 0 Å². The fourth-order valence-electron chi connectivity index (χ4n) is 2.22. The molecule has 0 aliphatic carbocycles. The molecule has 1 aliphatic rings. The Morgan fingerprint density at radius 1 is 1.38 bits per heavy atom. The molecule has 106 valence electrons. The number of aliphatic hydroxyl groups is 1. The molecule has 1 aromatic carbocycles. The normalized spacial score (nSPS) is 14.5. The minimum absolute atomic E-state index is 0.421. The van der Waals surface area contributed by atoms with E-state index in [1.165, 1.54) is 0 Å². The van der Waals surface area contributed by atoms with Gasteiger partial charge in [-0.2, -0.15) is 0 Å². The molecule has 1 aliphatic heterocycles. The fourth-order valence-corrected chi connectivity index (χ4v) is 5.62. The predicted octanol–water partition coefficient (Wildman–Crippen LogP) is 1.65. The number of aliphatic hydroxyl groups excluding tert-OH is 1. The monoisotopic (exact) mass is 407 g/mol. The number of nitrogens with zero attached hydrogens (tertiary/aromatic N) is 2. The molecule has 2 heterocycles. The zero-order valence-corrected chi connectivity index (χ0v) is 15.1. The summed E-state index contributed by atoms with van der Waals surface area (Å²) in [6.07, 6.45) is 1.18. The van der Waals surface area contributed by atoms with Gasteiger partial charge in [-0.25, -0.2) is 0 Å². The molecule has 0 spiro atoms. The van der Waals surface area contributed by atoms with E-state index in [2.05, 4.69) is 25.4 Å². The Morgan fingerprint density at radius 3 is 3.00 bits per heavy atom. The topological polar surface area (TPSA) is 58.0 Å². The van der Waals surface area contributed by atoms with Crippen LogP contribution < -0.4 is 9.03 Å². The van der Waals surface area contributed by atoms with Gasteiger partial charge in [0.15, 0.2) is 0 Å². The van der Waals surface area contributed by atoms with E-state index in [0.717, 1.165) is 31.3 Å². The van der Waals surface area contributed by atoms with Crippen LogP contribution in [0.4, 0.5) is 5.82 Å². The fraction of sp³-hybridized carbons (Fsp3) is 0.200. The molecule has 1 aromatic heterocycles. The summed E-state index contributed by atoms with van der Waals surface area (Å²) in [5.74, 6) is 0.797. The van der Waals surface area contributed by atoms with Crippen molar-refractivity contribution >= 4 is 47.8 Å². The third kappa shape index (κ3) is 3.22. The first-order valence-corrected chi connectivity index (χ1v) is 10.1. The van der Waals surface area contributed by atoms with E-state index in [4.69, 9.17) is 11.6 Å². The van der Waals surface area contributed by atoms with Crippen LogP contribution >= 0.6 is 11.6 Å². The Kier molecular flexibility index (Phi) is 4.47. The summed E-state index contributed by atoms with van der Waals surface area (Å²) >= 11 is 5.28. The molecular weight excluding hydrogens is 392 g/mol. The van der Waals surface area contributed by atoms with Crippen LogP contribution in [0.5, 0.6) is 0 Å². The second-order valence-corrected chi connectivity index (χ2v) is 8.32. The summed E-state index contributed by atoms with van der Waals surface area (Å²) in [6, 6.07) is 7.84. The van der Waals surface area contributed by atoms with Gasteiger partial charge < -0.3 is 0 Å². The van der Waals surface area contributed by atoms with Gasteiger partial charge in [-0.05, 0) is 0 Å². The summed E-state index contributed by atoms with van der Waals surface area (Å²) in [4.78, 5) is 8.76. The molecule has 0 fully saturated rings. The third-order valence-electron chi connectivity index (χ3n) is 3.17. The summed E-state index contributed by atoms with van der Waals surface area (Å²) < 4.78 is 3.47. The zero-order valence-electron chi connectivity index (χ0n) is 11.5. The molecule has 3 rings (SSSR count). The Morgan fingerprint density at radius 2 is 2.24 bits per heavy atom. The van der Waals surface area contributed by atoms with Crippen molar-refractivity contribution in [1.82, 2.24) is 9.97 Å². The maximum atomic E-state index is 9.45. The Hall–Kier alpha value is -1.11. The molecule has 1 unspecified atom stereocenters. The van der Waals surface area contributed by atoms with E-state index in [0.29, 0.717) is 6.54 Å². The Labute approximate surface area is 138 Å². The number of nitrogens with one attached hydrogen (secondary N) is 1. The van der Waals surface area contributed by atoms with Gasteiger partial charge in [-0.15, -0.1) is 0 Å². The SMILES string of the molecule is CC(O)CNc1ncn[c]2c1C(c1cccc(Cl)c1)=[CH][Sn]2. The van der Waals surface area contributed by atoms with Crippen molar-refractivity contribution in [2.45, 2.75) is 13.0 Å². The van der Waals surface area contributed by atoms with Crippen LogP contribution in [0.1, 0.15) is 18.1 Å². The molecule has 0 amide bonds. The van der Waals surface area contributed by atoms with E-state index in [1.807, 2.05) is 18.2 Å². The first kappa shape index (κ1) is 14.8. The van der Waals surface area contributed by atoms with E-state index in [1.54, 1.807) is 13.3 Å². The molecule has 0 bridgehead atoms. The number of aromatic nitrogens is 2. The van der Waals surface area contributed by atoms with Crippen LogP contribution in [0.15, 0.2) is 34.7 Å². The summed E-state index contributed by atoms with van der Waals surface area (Å²) in [7, 11) is 0. The van der Waals surface area contributed by atoms with Crippen molar-refractivity contribution in [2.75, 3.05) is 11.9 Å². The number of hydrogen-bond acceptors (Lipinski definition) is 4. The molecule has 0 saturated heterocycles. The summed E-state index contributed by atoms with van der Waals surface area (Å²) in [5.41, 5.74) is 3.33. The van der Waals surface area contributed by atoms with Crippen LogP contribution in [0.2, 0.25) is 5.02 Å². The molecule has 6 heteroatoms. The molecule has 1 atom stereocenters. The predicted molar refractivity (Wildman–Crippen MR) is 86.1 cm³/mol. The Bertz CT molecular complexity index is 703. The van der Waals surface area contributed by atoms with E-state index in [9.17, 15) is 5.11 Å². The summed E-state index contributed by atoms with van der Waals surface area (Å²) in [6.45, 7) is 2.22. The van der Waals surface area contributed by atoms with Gasteiger partial charge in [-0.1, -0.05) is 0 Å². The van der Waals surface area contributed by atoms with Gasteiger partial charge in [0.05, 0.1) is 0 Å². The van der Waals surface area contributed by atoms with Crippen LogP contribution in [-0.2, 0) is 0 Å². The van der Waals surface area contributed by atoms with Gasteiger partial charge in [-0.3, -0.25) is 0 Å². The number of hydrogen-bond donors (Lipinski definition) is 2. The van der Waals surface area contributed by atoms with Gasteiger partial charge in [0, 0.05) is 0 Å². The van der Waals surface area contributed by atoms with Gasteiger partial charge >= 0.3 is 139 Å². The van der Waals surface area contributed by atoms with Crippen LogP contribution in [0.25, 0.3) is 5.57 Å². The number of fused-ring (bicyclic) bond motifs is 1. The molecule has 2 N–H and O–H groups in total. The number of anilines is 1. The maximum absolute atomic E-state index is 9.45. The molecule has 0 saturated carbocycles. The standard InChI is InChI=1S/C15H14ClN3O.Sn/c1-10(20)7-18-15-14(8-17-9-19-15)11(2)12-4-3-5-13(16)6-12;/h2-6,9-10,20H,7H2,1H3,(H,17,18,19);. The van der Waals surface area contributed by atoms with Gasteiger partial charge in [0.1, 0.15) is 0 Å². The van der Waals surface area contributed by atoms with Crippen molar-refractivity contribution in [1.29, 1.82) is 0 Å². The zero-order chi connectivity index (χ0) is 14.8. The van der Waals surface area contributed by atoms with Crippen molar-refractivity contribution in [3.63, 3.8) is 0 Å². The second kappa shape index (κ2) is 6.34. The van der Waals surface area contributed by atoms with Gasteiger partial charge in [0.25, 0.3) is 0 Å². The minimum atomic E-state index is -0.822. The van der Waals surface area contributed by atoms with Crippen LogP contribution in [0, 0.1) is 0 Å². The van der Waals surface area contributed by atoms with Crippen molar-refractivity contribution in [3.8, 4) is 0 Å². The molecule has 2 radical (unpaired) electrons.